The molecule has 4 rings (SSSR count). The number of rotatable bonds is 5. The first-order valence-electron chi connectivity index (χ1n) is 9.62. The van der Waals surface area contributed by atoms with Crippen molar-refractivity contribution in [2.75, 3.05) is 45.2 Å². The number of carbonyl (C=O) groups is 1. The summed E-state index contributed by atoms with van der Waals surface area (Å²) in [4.78, 5) is 20.7. The average Bonchev–Trinajstić information content (AvgIpc) is 3.34. The van der Waals surface area contributed by atoms with Crippen LogP contribution >= 0.6 is 0 Å². The second-order valence-electron chi connectivity index (χ2n) is 7.18. The minimum atomic E-state index is -3.52. The Labute approximate surface area is 180 Å². The van der Waals surface area contributed by atoms with Crippen LogP contribution in [0, 0.1) is 0 Å². The van der Waals surface area contributed by atoms with E-state index in [4.69, 9.17) is 0 Å². The van der Waals surface area contributed by atoms with Crippen molar-refractivity contribution < 1.29 is 13.2 Å². The van der Waals surface area contributed by atoms with Gasteiger partial charge in [-0.2, -0.15) is 5.10 Å². The third-order valence-electron chi connectivity index (χ3n) is 5.06. The molecule has 1 aromatic carbocycles. The molecule has 0 N–H and O–H groups in total. The van der Waals surface area contributed by atoms with Gasteiger partial charge in [0.1, 0.15) is 12.7 Å². The molecule has 2 aromatic heterocycles. The number of sulfonamides is 1. The highest BCUT2D eigenvalue weighted by Gasteiger charge is 2.24. The summed E-state index contributed by atoms with van der Waals surface area (Å²) >= 11 is 0. The van der Waals surface area contributed by atoms with Gasteiger partial charge >= 0.3 is 0 Å². The fourth-order valence-electron chi connectivity index (χ4n) is 3.24. The third-order valence-corrected chi connectivity index (χ3v) is 6.89. The molecular formula is C19H22N8O3S. The predicted molar refractivity (Wildman–Crippen MR) is 112 cm³/mol. The molecule has 1 aliphatic heterocycles. The van der Waals surface area contributed by atoms with Crippen LogP contribution in [0.5, 0.6) is 0 Å². The van der Waals surface area contributed by atoms with Crippen molar-refractivity contribution in [1.29, 1.82) is 0 Å². The summed E-state index contributed by atoms with van der Waals surface area (Å²) < 4.78 is 27.0. The fourth-order valence-corrected chi connectivity index (χ4v) is 4.14. The van der Waals surface area contributed by atoms with Gasteiger partial charge < -0.3 is 9.80 Å². The Morgan fingerprint density at radius 1 is 0.935 bits per heavy atom. The van der Waals surface area contributed by atoms with Gasteiger partial charge in [-0.1, -0.05) is 0 Å². The van der Waals surface area contributed by atoms with Gasteiger partial charge in [0.15, 0.2) is 11.6 Å². The monoisotopic (exact) mass is 442 g/mol. The van der Waals surface area contributed by atoms with Crippen molar-refractivity contribution in [2.24, 2.45) is 0 Å². The van der Waals surface area contributed by atoms with E-state index in [1.165, 1.54) is 37.2 Å². The van der Waals surface area contributed by atoms with Crippen molar-refractivity contribution in [2.45, 2.75) is 4.90 Å². The number of piperazine rings is 1. The highest BCUT2D eigenvalue weighted by molar-refractivity contribution is 7.89. The average molecular weight is 443 g/mol. The van der Waals surface area contributed by atoms with Crippen LogP contribution in [0.2, 0.25) is 0 Å². The number of benzene rings is 1. The largest absolute Gasteiger partial charge is 0.352 e. The lowest BCUT2D eigenvalue weighted by Crippen LogP contribution is -2.49. The van der Waals surface area contributed by atoms with Gasteiger partial charge in [0.2, 0.25) is 10.0 Å². The van der Waals surface area contributed by atoms with Gasteiger partial charge in [0.05, 0.1) is 4.90 Å². The molecule has 0 atom stereocenters. The second kappa shape index (κ2) is 8.40. The molecule has 0 bridgehead atoms. The molecule has 0 radical (unpaired) electrons. The maximum Gasteiger partial charge on any atom is 0.253 e. The first kappa shape index (κ1) is 20.9. The molecule has 1 aliphatic rings. The second-order valence-corrected chi connectivity index (χ2v) is 9.33. The first-order valence-corrected chi connectivity index (χ1v) is 11.1. The normalized spacial score (nSPS) is 14.8. The lowest BCUT2D eigenvalue weighted by atomic mass is 10.2. The molecule has 11 nitrogen and oxygen atoms in total. The van der Waals surface area contributed by atoms with Gasteiger partial charge in [0, 0.05) is 45.8 Å². The Bertz CT molecular complexity index is 1140. The fraction of sp³-hybridized carbons (Fsp3) is 0.316. The lowest BCUT2D eigenvalue weighted by Gasteiger charge is -2.35. The number of anilines is 1. The Morgan fingerprint density at radius 3 is 2.13 bits per heavy atom. The van der Waals surface area contributed by atoms with Gasteiger partial charge in [-0.15, -0.1) is 10.2 Å². The lowest BCUT2D eigenvalue weighted by molar-refractivity contribution is 0.0746. The van der Waals surface area contributed by atoms with E-state index in [0.717, 1.165) is 10.1 Å². The molecule has 1 saturated heterocycles. The first-order chi connectivity index (χ1) is 14.9. The molecule has 0 spiro atoms. The maximum atomic E-state index is 12.8. The molecule has 3 aromatic rings. The zero-order valence-corrected chi connectivity index (χ0v) is 18.0. The number of aromatic nitrogens is 5. The summed E-state index contributed by atoms with van der Waals surface area (Å²) in [6.07, 6.45) is 2.98. The van der Waals surface area contributed by atoms with Crippen molar-refractivity contribution in [1.82, 2.24) is 34.2 Å². The zero-order valence-electron chi connectivity index (χ0n) is 17.2. The van der Waals surface area contributed by atoms with Crippen LogP contribution in [0.4, 0.5) is 5.82 Å². The molecule has 31 heavy (non-hydrogen) atoms. The van der Waals surface area contributed by atoms with Crippen LogP contribution in [0.25, 0.3) is 5.82 Å². The van der Waals surface area contributed by atoms with E-state index in [1.807, 2.05) is 12.1 Å². The van der Waals surface area contributed by atoms with Crippen LogP contribution in [-0.4, -0.2) is 88.8 Å². The standard InChI is InChI=1S/C19H22N8O3S/c1-24(2)31(29,30)16-5-3-15(4-6-16)19(28)26-11-9-25(10-12-26)17-7-8-18(23-22-17)27-14-20-13-21-27/h3-8,13-14H,9-12H2,1-2H3. The van der Waals surface area contributed by atoms with Gasteiger partial charge in [-0.05, 0) is 36.4 Å². The Morgan fingerprint density at radius 2 is 1.58 bits per heavy atom. The number of hydrogen-bond donors (Lipinski definition) is 0. The SMILES string of the molecule is CN(C)S(=O)(=O)c1ccc(C(=O)N2CCN(c3ccc(-n4cncn4)nn3)CC2)cc1. The summed E-state index contributed by atoms with van der Waals surface area (Å²) in [6.45, 7) is 2.30. The van der Waals surface area contributed by atoms with Crippen molar-refractivity contribution in [3.63, 3.8) is 0 Å². The van der Waals surface area contributed by atoms with Gasteiger partial charge in [-0.25, -0.2) is 22.4 Å². The molecule has 0 aliphatic carbocycles. The minimum Gasteiger partial charge on any atom is -0.352 e. The topological polar surface area (TPSA) is 117 Å². The van der Waals surface area contributed by atoms with Crippen molar-refractivity contribution in [3.8, 4) is 5.82 Å². The molecule has 1 amide bonds. The molecule has 0 saturated carbocycles. The quantitative estimate of drug-likeness (QED) is 0.553. The van der Waals surface area contributed by atoms with E-state index in [-0.39, 0.29) is 10.8 Å². The Balaban J connectivity index is 1.38. The van der Waals surface area contributed by atoms with E-state index in [0.29, 0.717) is 37.6 Å². The third kappa shape index (κ3) is 4.25. The molecule has 3 heterocycles. The van der Waals surface area contributed by atoms with Crippen LogP contribution in [0.3, 0.4) is 0 Å². The van der Waals surface area contributed by atoms with Crippen LogP contribution in [0.1, 0.15) is 10.4 Å². The number of hydrogen-bond acceptors (Lipinski definition) is 8. The highest BCUT2D eigenvalue weighted by Crippen LogP contribution is 2.18. The van der Waals surface area contributed by atoms with Gasteiger partial charge in [0.25, 0.3) is 5.91 Å². The Hall–Kier alpha value is -3.38. The van der Waals surface area contributed by atoms with E-state index in [2.05, 4.69) is 25.2 Å². The van der Waals surface area contributed by atoms with E-state index in [9.17, 15) is 13.2 Å². The van der Waals surface area contributed by atoms with Gasteiger partial charge in [-0.3, -0.25) is 4.79 Å². The smallest absolute Gasteiger partial charge is 0.253 e. The highest BCUT2D eigenvalue weighted by atomic mass is 32.2. The molecule has 162 valence electrons. The Kier molecular flexibility index (Phi) is 5.65. The maximum absolute atomic E-state index is 12.8. The number of amides is 1. The van der Waals surface area contributed by atoms with Crippen molar-refractivity contribution in [3.05, 3.63) is 54.6 Å². The van der Waals surface area contributed by atoms with E-state index >= 15 is 0 Å². The number of nitrogens with zero attached hydrogens (tertiary/aromatic N) is 8. The molecular weight excluding hydrogens is 420 g/mol. The van der Waals surface area contributed by atoms with Crippen LogP contribution in [-0.2, 0) is 10.0 Å². The van der Waals surface area contributed by atoms with E-state index in [1.54, 1.807) is 23.4 Å². The molecule has 12 heteroatoms. The zero-order chi connectivity index (χ0) is 22.0. The van der Waals surface area contributed by atoms with Crippen LogP contribution in [0.15, 0.2) is 53.9 Å². The predicted octanol–water partition coefficient (Wildman–Crippen LogP) is 0.270. The van der Waals surface area contributed by atoms with Crippen molar-refractivity contribution >= 4 is 21.7 Å². The van der Waals surface area contributed by atoms with Crippen LogP contribution < -0.4 is 4.90 Å². The minimum absolute atomic E-state index is 0.124. The molecule has 0 unspecified atom stereocenters. The summed E-state index contributed by atoms with van der Waals surface area (Å²) in [6, 6.07) is 9.72. The summed E-state index contributed by atoms with van der Waals surface area (Å²) in [5, 5.41) is 12.5. The number of carbonyl (C=O) groups excluding carboxylic acids is 1. The summed E-state index contributed by atoms with van der Waals surface area (Å²) in [5.41, 5.74) is 0.461. The summed E-state index contributed by atoms with van der Waals surface area (Å²) in [5.74, 6) is 1.19. The van der Waals surface area contributed by atoms with E-state index < -0.39 is 10.0 Å². The molecule has 1 fully saturated rings. The summed E-state index contributed by atoms with van der Waals surface area (Å²) in [7, 11) is -0.574.